The minimum atomic E-state index is 0.259. The first kappa shape index (κ1) is 19.0. The molecule has 0 aromatic heterocycles. The second kappa shape index (κ2) is 8.78. The Bertz CT molecular complexity index is 803. The monoisotopic (exact) mass is 378 g/mol. The zero-order valence-electron chi connectivity index (χ0n) is 16.8. The Balaban J connectivity index is 1.47. The molecule has 1 unspecified atom stereocenters. The second-order valence-corrected chi connectivity index (χ2v) is 7.94. The average molecular weight is 379 g/mol. The maximum absolute atomic E-state index is 13.1. The van der Waals surface area contributed by atoms with Crippen LogP contribution in [0.4, 0.5) is 0 Å². The molecule has 2 aliphatic rings. The van der Waals surface area contributed by atoms with Crippen LogP contribution in [0.15, 0.2) is 48.5 Å². The van der Waals surface area contributed by atoms with Gasteiger partial charge in [0, 0.05) is 19.1 Å². The summed E-state index contributed by atoms with van der Waals surface area (Å²) < 4.78 is 5.31. The highest BCUT2D eigenvalue weighted by atomic mass is 16.5. The Morgan fingerprint density at radius 3 is 2.57 bits per heavy atom. The lowest BCUT2D eigenvalue weighted by molar-refractivity contribution is -0.134. The van der Waals surface area contributed by atoms with Gasteiger partial charge in [-0.1, -0.05) is 49.2 Å². The van der Waals surface area contributed by atoms with Gasteiger partial charge in [-0.05, 0) is 54.6 Å². The molecule has 4 rings (SSSR count). The van der Waals surface area contributed by atoms with Crippen molar-refractivity contribution >= 4 is 5.91 Å². The molecule has 0 spiro atoms. The molecular formula is C24H30N2O2. The molecule has 4 heteroatoms. The van der Waals surface area contributed by atoms with Gasteiger partial charge in [0.2, 0.25) is 5.91 Å². The number of hydrogen-bond donors (Lipinski definition) is 0. The fourth-order valence-electron chi connectivity index (χ4n) is 4.54. The number of amides is 1. The van der Waals surface area contributed by atoms with Crippen molar-refractivity contribution in [3.8, 4) is 5.75 Å². The van der Waals surface area contributed by atoms with E-state index < -0.39 is 0 Å². The number of hydrogen-bond acceptors (Lipinski definition) is 3. The van der Waals surface area contributed by atoms with Crippen molar-refractivity contribution in [3.63, 3.8) is 0 Å². The van der Waals surface area contributed by atoms with Gasteiger partial charge in [-0.15, -0.1) is 0 Å². The van der Waals surface area contributed by atoms with Gasteiger partial charge in [0.15, 0.2) is 0 Å². The first-order valence-corrected chi connectivity index (χ1v) is 10.5. The van der Waals surface area contributed by atoms with Crippen LogP contribution in [0.2, 0.25) is 0 Å². The molecule has 28 heavy (non-hydrogen) atoms. The van der Waals surface area contributed by atoms with Crippen LogP contribution in [0.3, 0.4) is 0 Å². The van der Waals surface area contributed by atoms with E-state index in [2.05, 4.69) is 41.3 Å². The molecule has 0 aliphatic carbocycles. The van der Waals surface area contributed by atoms with Crippen LogP contribution in [0, 0.1) is 0 Å². The Morgan fingerprint density at radius 2 is 1.79 bits per heavy atom. The highest BCUT2D eigenvalue weighted by molar-refractivity contribution is 5.78. The highest BCUT2D eigenvalue weighted by Gasteiger charge is 2.27. The summed E-state index contributed by atoms with van der Waals surface area (Å²) >= 11 is 0. The fourth-order valence-corrected chi connectivity index (χ4v) is 4.54. The minimum absolute atomic E-state index is 0.259. The number of ether oxygens (including phenoxy) is 1. The van der Waals surface area contributed by atoms with E-state index in [1.165, 1.54) is 36.0 Å². The number of carbonyl (C=O) groups is 1. The van der Waals surface area contributed by atoms with E-state index in [0.29, 0.717) is 12.6 Å². The molecule has 2 aromatic rings. The lowest BCUT2D eigenvalue weighted by Gasteiger charge is -2.34. The van der Waals surface area contributed by atoms with Crippen molar-refractivity contribution in [2.75, 3.05) is 26.7 Å². The maximum Gasteiger partial charge on any atom is 0.237 e. The lowest BCUT2D eigenvalue weighted by Crippen LogP contribution is -2.43. The molecule has 1 amide bonds. The summed E-state index contributed by atoms with van der Waals surface area (Å²) in [5.74, 6) is 1.14. The van der Waals surface area contributed by atoms with Gasteiger partial charge in [-0.3, -0.25) is 9.69 Å². The van der Waals surface area contributed by atoms with Gasteiger partial charge >= 0.3 is 0 Å². The summed E-state index contributed by atoms with van der Waals surface area (Å²) in [6, 6.07) is 17.2. The Morgan fingerprint density at radius 1 is 1.00 bits per heavy atom. The topological polar surface area (TPSA) is 32.8 Å². The number of fused-ring (bicyclic) bond motifs is 1. The van der Waals surface area contributed by atoms with Crippen LogP contribution < -0.4 is 4.74 Å². The Hall–Kier alpha value is -2.33. The molecule has 148 valence electrons. The minimum Gasteiger partial charge on any atom is -0.497 e. The number of carbonyl (C=O) groups excluding carboxylic acids is 1. The molecule has 0 N–H and O–H groups in total. The predicted molar refractivity (Wildman–Crippen MR) is 111 cm³/mol. The van der Waals surface area contributed by atoms with E-state index in [4.69, 9.17) is 4.74 Å². The van der Waals surface area contributed by atoms with E-state index in [9.17, 15) is 4.79 Å². The lowest BCUT2D eigenvalue weighted by atomic mass is 9.99. The van der Waals surface area contributed by atoms with Crippen LogP contribution in [-0.2, 0) is 17.8 Å². The smallest absolute Gasteiger partial charge is 0.237 e. The van der Waals surface area contributed by atoms with E-state index >= 15 is 0 Å². The first-order chi connectivity index (χ1) is 13.7. The van der Waals surface area contributed by atoms with Crippen LogP contribution in [-0.4, -0.2) is 42.5 Å². The first-order valence-electron chi connectivity index (χ1n) is 10.5. The standard InChI is InChI=1S/C24H30N2O2/c1-28-22-12-10-20(11-13-22)23-9-3-2-6-15-25(23)18-24(27)26-16-14-19-7-4-5-8-21(19)17-26/h4-5,7-8,10-13,23H,2-3,6,9,14-18H2,1H3. The van der Waals surface area contributed by atoms with Crippen LogP contribution >= 0.6 is 0 Å². The zero-order chi connectivity index (χ0) is 19.3. The molecule has 2 heterocycles. The normalized spacial score (nSPS) is 20.3. The van der Waals surface area contributed by atoms with Gasteiger partial charge in [0.05, 0.1) is 13.7 Å². The van der Waals surface area contributed by atoms with Crippen LogP contribution in [0.25, 0.3) is 0 Å². The highest BCUT2D eigenvalue weighted by Crippen LogP contribution is 2.31. The van der Waals surface area contributed by atoms with Crippen molar-refractivity contribution in [1.82, 2.24) is 9.80 Å². The number of likely N-dealkylation sites (tertiary alicyclic amines) is 1. The SMILES string of the molecule is COc1ccc(C2CCCCCN2CC(=O)N2CCc3ccccc3C2)cc1. The zero-order valence-corrected chi connectivity index (χ0v) is 16.8. The van der Waals surface area contributed by atoms with Crippen LogP contribution in [0.1, 0.15) is 48.4 Å². The van der Waals surface area contributed by atoms with Crippen molar-refractivity contribution in [2.45, 2.75) is 44.7 Å². The molecule has 1 saturated heterocycles. The maximum atomic E-state index is 13.1. The van der Waals surface area contributed by atoms with Gasteiger partial charge < -0.3 is 9.64 Å². The Labute approximate surface area is 168 Å². The summed E-state index contributed by atoms with van der Waals surface area (Å²) in [6.45, 7) is 3.08. The summed E-state index contributed by atoms with van der Waals surface area (Å²) in [5, 5.41) is 0. The fraction of sp³-hybridized carbons (Fsp3) is 0.458. The quantitative estimate of drug-likeness (QED) is 0.799. The van der Waals surface area contributed by atoms with E-state index in [1.807, 2.05) is 17.0 Å². The molecule has 0 bridgehead atoms. The summed E-state index contributed by atoms with van der Waals surface area (Å²) in [7, 11) is 1.70. The number of benzene rings is 2. The molecule has 4 nitrogen and oxygen atoms in total. The van der Waals surface area contributed by atoms with Gasteiger partial charge in [0.25, 0.3) is 0 Å². The molecule has 1 fully saturated rings. The van der Waals surface area contributed by atoms with Crippen molar-refractivity contribution in [3.05, 3.63) is 65.2 Å². The molecule has 0 saturated carbocycles. The Kier molecular flexibility index (Phi) is 5.96. The third-order valence-corrected chi connectivity index (χ3v) is 6.19. The van der Waals surface area contributed by atoms with Crippen molar-refractivity contribution in [2.24, 2.45) is 0 Å². The summed E-state index contributed by atoms with van der Waals surface area (Å²) in [6.07, 6.45) is 5.71. The van der Waals surface area contributed by atoms with Gasteiger partial charge in [-0.2, -0.15) is 0 Å². The van der Waals surface area contributed by atoms with Crippen LogP contribution in [0.5, 0.6) is 5.75 Å². The third kappa shape index (κ3) is 4.22. The van der Waals surface area contributed by atoms with E-state index in [1.54, 1.807) is 7.11 Å². The van der Waals surface area contributed by atoms with Gasteiger partial charge in [0.1, 0.15) is 5.75 Å². The van der Waals surface area contributed by atoms with Crippen molar-refractivity contribution in [1.29, 1.82) is 0 Å². The third-order valence-electron chi connectivity index (χ3n) is 6.19. The van der Waals surface area contributed by atoms with Gasteiger partial charge in [-0.25, -0.2) is 0 Å². The summed E-state index contributed by atoms with van der Waals surface area (Å²) in [4.78, 5) is 17.6. The second-order valence-electron chi connectivity index (χ2n) is 7.94. The predicted octanol–water partition coefficient (Wildman–Crippen LogP) is 4.20. The van der Waals surface area contributed by atoms with E-state index in [-0.39, 0.29) is 5.91 Å². The summed E-state index contributed by atoms with van der Waals surface area (Å²) in [5.41, 5.74) is 3.97. The average Bonchev–Trinajstić information content (AvgIpc) is 2.99. The number of methoxy groups -OCH3 is 1. The largest absolute Gasteiger partial charge is 0.497 e. The number of nitrogens with zero attached hydrogens (tertiary/aromatic N) is 2. The number of rotatable bonds is 4. The molecule has 2 aromatic carbocycles. The molecular weight excluding hydrogens is 348 g/mol. The molecule has 1 atom stereocenters. The van der Waals surface area contributed by atoms with Crippen molar-refractivity contribution < 1.29 is 9.53 Å². The van der Waals surface area contributed by atoms with E-state index in [0.717, 1.165) is 38.2 Å². The molecule has 0 radical (unpaired) electrons. The molecule has 2 aliphatic heterocycles.